The van der Waals surface area contributed by atoms with Gasteiger partial charge in [-0.15, -0.1) is 0 Å². The molecule has 2 aromatic rings. The van der Waals surface area contributed by atoms with E-state index in [0.717, 1.165) is 19.3 Å². The average Bonchev–Trinajstić information content (AvgIpc) is 2.38. The van der Waals surface area contributed by atoms with Gasteiger partial charge in [0.15, 0.2) is 0 Å². The highest BCUT2D eigenvalue weighted by Crippen LogP contribution is 2.29. The van der Waals surface area contributed by atoms with Gasteiger partial charge in [-0.05, 0) is 47.6 Å². The number of allylic oxidation sites excluding steroid dienone is 4. The minimum atomic E-state index is 1.16. The fourth-order valence-electron chi connectivity index (χ4n) is 2.68. The van der Waals surface area contributed by atoms with Crippen LogP contribution in [0.5, 0.6) is 0 Å². The van der Waals surface area contributed by atoms with E-state index < -0.39 is 0 Å². The summed E-state index contributed by atoms with van der Waals surface area (Å²) in [4.78, 5) is 0. The first-order chi connectivity index (χ1) is 8.95. The third kappa shape index (κ3) is 2.24. The van der Waals surface area contributed by atoms with Crippen molar-refractivity contribution in [3.05, 3.63) is 66.3 Å². The minimum Gasteiger partial charge on any atom is -0.0882 e. The molecule has 0 heterocycles. The van der Waals surface area contributed by atoms with Crippen LogP contribution in [0.3, 0.4) is 0 Å². The molecule has 0 heteroatoms. The lowest BCUT2D eigenvalue weighted by Gasteiger charge is -2.12. The van der Waals surface area contributed by atoms with Gasteiger partial charge in [0, 0.05) is 0 Å². The highest BCUT2D eigenvalue weighted by molar-refractivity contribution is 5.93. The van der Waals surface area contributed by atoms with E-state index >= 15 is 0 Å². The molecule has 3 rings (SSSR count). The summed E-state index contributed by atoms with van der Waals surface area (Å²) in [6, 6.07) is 15.3. The van der Waals surface area contributed by atoms with Gasteiger partial charge in [0.2, 0.25) is 0 Å². The first-order valence-electron chi connectivity index (χ1n) is 6.77. The molecule has 0 saturated heterocycles. The Morgan fingerprint density at radius 2 is 1.56 bits per heavy atom. The van der Waals surface area contributed by atoms with E-state index in [9.17, 15) is 0 Å². The number of fused-ring (bicyclic) bond motifs is 1. The second kappa shape index (κ2) is 5.22. The van der Waals surface area contributed by atoms with Crippen molar-refractivity contribution in [1.29, 1.82) is 0 Å². The number of benzene rings is 2. The molecule has 0 radical (unpaired) electrons. The van der Waals surface area contributed by atoms with Gasteiger partial charge in [0.05, 0.1) is 0 Å². The summed E-state index contributed by atoms with van der Waals surface area (Å²) in [5.74, 6) is 0. The van der Waals surface area contributed by atoms with Gasteiger partial charge in [0.1, 0.15) is 0 Å². The van der Waals surface area contributed by atoms with Crippen LogP contribution < -0.4 is 0 Å². The van der Waals surface area contributed by atoms with Crippen molar-refractivity contribution in [3.8, 4) is 0 Å². The van der Waals surface area contributed by atoms with E-state index in [1.807, 2.05) is 0 Å². The third-order valence-electron chi connectivity index (χ3n) is 3.61. The number of rotatable bonds is 1. The van der Waals surface area contributed by atoms with E-state index in [-0.39, 0.29) is 0 Å². The molecular weight excluding hydrogens is 216 g/mol. The van der Waals surface area contributed by atoms with Crippen LogP contribution in [0, 0.1) is 0 Å². The zero-order valence-corrected chi connectivity index (χ0v) is 10.6. The molecule has 0 N–H and O–H groups in total. The summed E-state index contributed by atoms with van der Waals surface area (Å²) in [5.41, 5.74) is 2.93. The Morgan fingerprint density at radius 3 is 2.56 bits per heavy atom. The van der Waals surface area contributed by atoms with E-state index in [2.05, 4.69) is 60.7 Å². The molecule has 0 spiro atoms. The second-order valence-corrected chi connectivity index (χ2v) is 4.84. The Kier molecular flexibility index (Phi) is 3.27. The third-order valence-corrected chi connectivity index (χ3v) is 3.61. The lowest BCUT2D eigenvalue weighted by atomic mass is 9.93. The predicted octanol–water partition coefficient (Wildman–Crippen LogP) is 5.35. The molecule has 90 valence electrons. The SMILES string of the molecule is C1=C\CC/C(c2cccc3ccccc23)=C\CC/1. The molecule has 0 saturated carbocycles. The van der Waals surface area contributed by atoms with Crippen molar-refractivity contribution >= 4 is 16.3 Å². The van der Waals surface area contributed by atoms with E-state index in [1.54, 1.807) is 0 Å². The lowest BCUT2D eigenvalue weighted by molar-refractivity contribution is 0.976. The summed E-state index contributed by atoms with van der Waals surface area (Å²) < 4.78 is 0. The maximum absolute atomic E-state index is 2.42. The van der Waals surface area contributed by atoms with Gasteiger partial charge >= 0.3 is 0 Å². The highest BCUT2D eigenvalue weighted by atomic mass is 14.1. The van der Waals surface area contributed by atoms with Crippen LogP contribution in [0.4, 0.5) is 0 Å². The largest absolute Gasteiger partial charge is 0.0882 e. The molecule has 0 nitrogen and oxygen atoms in total. The van der Waals surface area contributed by atoms with E-state index in [4.69, 9.17) is 0 Å². The molecule has 0 bridgehead atoms. The van der Waals surface area contributed by atoms with E-state index in [0.29, 0.717) is 0 Å². The van der Waals surface area contributed by atoms with Crippen molar-refractivity contribution < 1.29 is 0 Å². The minimum absolute atomic E-state index is 1.16. The maximum Gasteiger partial charge on any atom is -0.0109 e. The summed E-state index contributed by atoms with van der Waals surface area (Å²) in [6.07, 6.45) is 11.7. The molecule has 0 aromatic heterocycles. The van der Waals surface area contributed by atoms with Gasteiger partial charge in [-0.1, -0.05) is 60.7 Å². The number of hydrogen-bond donors (Lipinski definition) is 0. The first-order valence-corrected chi connectivity index (χ1v) is 6.77. The summed E-state index contributed by atoms with van der Waals surface area (Å²) in [7, 11) is 0. The van der Waals surface area contributed by atoms with Crippen LogP contribution in [0.1, 0.15) is 31.2 Å². The molecule has 0 unspecified atom stereocenters. The highest BCUT2D eigenvalue weighted by Gasteiger charge is 2.06. The Labute approximate surface area is 109 Å². The Morgan fingerprint density at radius 1 is 0.722 bits per heavy atom. The van der Waals surface area contributed by atoms with Crippen LogP contribution >= 0.6 is 0 Å². The van der Waals surface area contributed by atoms with Gasteiger partial charge < -0.3 is 0 Å². The molecule has 1 aliphatic carbocycles. The van der Waals surface area contributed by atoms with Gasteiger partial charge in [-0.2, -0.15) is 0 Å². The van der Waals surface area contributed by atoms with Crippen molar-refractivity contribution in [2.75, 3.05) is 0 Å². The van der Waals surface area contributed by atoms with Gasteiger partial charge in [0.25, 0.3) is 0 Å². The fourth-order valence-corrected chi connectivity index (χ4v) is 2.68. The molecule has 0 atom stereocenters. The van der Waals surface area contributed by atoms with Crippen LogP contribution in [0.25, 0.3) is 16.3 Å². The smallest absolute Gasteiger partial charge is 0.0109 e. The van der Waals surface area contributed by atoms with Crippen LogP contribution in [0.15, 0.2) is 60.7 Å². The molecule has 18 heavy (non-hydrogen) atoms. The van der Waals surface area contributed by atoms with Crippen molar-refractivity contribution in [1.82, 2.24) is 0 Å². The van der Waals surface area contributed by atoms with Crippen molar-refractivity contribution in [2.24, 2.45) is 0 Å². The zero-order valence-electron chi connectivity index (χ0n) is 10.6. The molecule has 0 amide bonds. The maximum atomic E-state index is 2.42. The number of hydrogen-bond acceptors (Lipinski definition) is 0. The summed E-state index contributed by atoms with van der Waals surface area (Å²) >= 11 is 0. The quantitative estimate of drug-likeness (QED) is 0.583. The Balaban J connectivity index is 2.08. The summed E-state index contributed by atoms with van der Waals surface area (Å²) in [6.45, 7) is 0. The summed E-state index contributed by atoms with van der Waals surface area (Å²) in [5, 5.41) is 2.73. The fraction of sp³-hybridized carbons (Fsp3) is 0.222. The van der Waals surface area contributed by atoms with Gasteiger partial charge in [-0.25, -0.2) is 0 Å². The Hall–Kier alpha value is -1.82. The lowest BCUT2D eigenvalue weighted by Crippen LogP contribution is -1.89. The van der Waals surface area contributed by atoms with E-state index in [1.165, 1.54) is 28.3 Å². The predicted molar refractivity (Wildman–Crippen MR) is 79.5 cm³/mol. The first kappa shape index (κ1) is 11.3. The molecule has 0 fully saturated rings. The molecular formula is C18H18. The zero-order chi connectivity index (χ0) is 12.2. The van der Waals surface area contributed by atoms with Crippen LogP contribution in [0.2, 0.25) is 0 Å². The van der Waals surface area contributed by atoms with Crippen LogP contribution in [-0.2, 0) is 0 Å². The monoisotopic (exact) mass is 234 g/mol. The molecule has 2 aromatic carbocycles. The normalized spacial score (nSPS) is 20.8. The average molecular weight is 234 g/mol. The standard InChI is InChI=1S/C18H18/c1-2-4-9-15(10-5-3-1)18-14-8-12-16-11-6-7-13-17(16)18/h1-2,6-8,10-14H,3-5,9H2/b2-1-,15-10+. The molecule has 0 aliphatic heterocycles. The van der Waals surface area contributed by atoms with Gasteiger partial charge in [-0.3, -0.25) is 0 Å². The van der Waals surface area contributed by atoms with Crippen molar-refractivity contribution in [3.63, 3.8) is 0 Å². The Bertz CT molecular complexity index is 597. The van der Waals surface area contributed by atoms with Crippen molar-refractivity contribution in [2.45, 2.75) is 25.7 Å². The molecule has 1 aliphatic rings. The topological polar surface area (TPSA) is 0 Å². The van der Waals surface area contributed by atoms with Crippen LogP contribution in [-0.4, -0.2) is 0 Å². The second-order valence-electron chi connectivity index (χ2n) is 4.84.